The van der Waals surface area contributed by atoms with Crippen LogP contribution in [-0.4, -0.2) is 18.5 Å². The van der Waals surface area contributed by atoms with Gasteiger partial charge >= 0.3 is 0 Å². The first-order chi connectivity index (χ1) is 7.02. The second kappa shape index (κ2) is 5.50. The number of rotatable bonds is 4. The summed E-state index contributed by atoms with van der Waals surface area (Å²) >= 11 is 11.7. The average molecular weight is 247 g/mol. The number of ether oxygens (including phenoxy) is 1. The summed E-state index contributed by atoms with van der Waals surface area (Å²) in [7, 11) is 0. The molecule has 15 heavy (non-hydrogen) atoms. The number of hydrogen-bond donors (Lipinski definition) is 0. The van der Waals surface area contributed by atoms with Crippen LogP contribution >= 0.6 is 23.2 Å². The van der Waals surface area contributed by atoms with Gasteiger partial charge in [-0.3, -0.25) is 4.79 Å². The van der Waals surface area contributed by atoms with Crippen LogP contribution in [-0.2, 0) is 4.74 Å². The molecule has 0 saturated carbocycles. The van der Waals surface area contributed by atoms with Crippen molar-refractivity contribution >= 4 is 29.0 Å². The van der Waals surface area contributed by atoms with Crippen molar-refractivity contribution in [2.75, 3.05) is 6.61 Å². The van der Waals surface area contributed by atoms with Crippen molar-refractivity contribution in [3.63, 3.8) is 0 Å². The maximum atomic E-state index is 11.7. The first-order valence-electron chi connectivity index (χ1n) is 4.61. The van der Waals surface area contributed by atoms with Crippen LogP contribution in [0.1, 0.15) is 24.2 Å². The van der Waals surface area contributed by atoms with Crippen molar-refractivity contribution in [3.05, 3.63) is 33.8 Å². The van der Waals surface area contributed by atoms with Gasteiger partial charge in [0.2, 0.25) is 0 Å². The second-order valence-corrected chi connectivity index (χ2v) is 4.17. The molecule has 0 fully saturated rings. The van der Waals surface area contributed by atoms with Crippen molar-refractivity contribution in [2.45, 2.75) is 20.0 Å². The minimum atomic E-state index is -0.156. The Morgan fingerprint density at radius 1 is 1.40 bits per heavy atom. The lowest BCUT2D eigenvalue weighted by Gasteiger charge is -2.08. The van der Waals surface area contributed by atoms with E-state index in [2.05, 4.69) is 0 Å². The third-order valence-corrected chi connectivity index (χ3v) is 2.62. The zero-order valence-corrected chi connectivity index (χ0v) is 10.1. The van der Waals surface area contributed by atoms with Crippen LogP contribution in [0.4, 0.5) is 0 Å². The van der Waals surface area contributed by atoms with Crippen molar-refractivity contribution in [1.29, 1.82) is 0 Å². The predicted molar refractivity (Wildman–Crippen MR) is 61.9 cm³/mol. The van der Waals surface area contributed by atoms with E-state index in [1.165, 1.54) is 0 Å². The predicted octanol–water partition coefficient (Wildman–Crippen LogP) is 3.60. The van der Waals surface area contributed by atoms with E-state index in [0.717, 1.165) is 0 Å². The molecule has 0 bridgehead atoms. The zero-order valence-electron chi connectivity index (χ0n) is 8.59. The number of halogens is 2. The van der Waals surface area contributed by atoms with Crippen LogP contribution in [0, 0.1) is 0 Å². The van der Waals surface area contributed by atoms with E-state index in [9.17, 15) is 4.79 Å². The number of benzene rings is 1. The maximum absolute atomic E-state index is 11.7. The van der Waals surface area contributed by atoms with Crippen molar-refractivity contribution in [1.82, 2.24) is 0 Å². The first kappa shape index (κ1) is 12.5. The Bertz CT molecular complexity index is 362. The van der Waals surface area contributed by atoms with Crippen LogP contribution in [0.3, 0.4) is 0 Å². The molecule has 0 aliphatic carbocycles. The highest BCUT2D eigenvalue weighted by molar-refractivity contribution is 6.43. The van der Waals surface area contributed by atoms with E-state index in [4.69, 9.17) is 27.9 Å². The Hall–Kier alpha value is -0.570. The summed E-state index contributed by atoms with van der Waals surface area (Å²) in [6.45, 7) is 3.76. The molecule has 82 valence electrons. The molecule has 2 nitrogen and oxygen atoms in total. The Labute approximate surface area is 99.1 Å². The molecule has 0 heterocycles. The number of carbonyl (C=O) groups excluding carboxylic acids is 1. The molecule has 4 heteroatoms. The lowest BCUT2D eigenvalue weighted by molar-refractivity contribution is 0.0585. The zero-order chi connectivity index (χ0) is 11.4. The largest absolute Gasteiger partial charge is 0.371 e. The number of hydrogen-bond acceptors (Lipinski definition) is 2. The lowest BCUT2D eigenvalue weighted by Crippen LogP contribution is -2.13. The van der Waals surface area contributed by atoms with Gasteiger partial charge in [-0.15, -0.1) is 0 Å². The lowest BCUT2D eigenvalue weighted by atomic mass is 10.1. The van der Waals surface area contributed by atoms with Gasteiger partial charge in [0.1, 0.15) is 6.61 Å². The Kier molecular flexibility index (Phi) is 4.58. The fraction of sp³-hybridized carbons (Fsp3) is 0.364. The van der Waals surface area contributed by atoms with Crippen molar-refractivity contribution in [3.8, 4) is 0 Å². The fourth-order valence-corrected chi connectivity index (χ4v) is 1.45. The summed E-state index contributed by atoms with van der Waals surface area (Å²) in [6, 6.07) is 4.97. The normalized spacial score (nSPS) is 10.7. The van der Waals surface area contributed by atoms with Gasteiger partial charge < -0.3 is 4.74 Å². The number of Topliss-reactive ketones (excluding diaryl/α,β-unsaturated/α-hetero) is 1. The molecular weight excluding hydrogens is 235 g/mol. The quantitative estimate of drug-likeness (QED) is 0.760. The van der Waals surface area contributed by atoms with Gasteiger partial charge in [-0.1, -0.05) is 29.3 Å². The molecule has 1 aromatic carbocycles. The first-order valence-corrected chi connectivity index (χ1v) is 5.36. The number of carbonyl (C=O) groups is 1. The van der Waals surface area contributed by atoms with Gasteiger partial charge in [0, 0.05) is 5.56 Å². The van der Waals surface area contributed by atoms with E-state index < -0.39 is 0 Å². The van der Waals surface area contributed by atoms with E-state index in [0.29, 0.717) is 10.6 Å². The van der Waals surface area contributed by atoms with Crippen LogP contribution in [0.2, 0.25) is 10.0 Å². The molecule has 1 rings (SSSR count). The minimum absolute atomic E-state index is 0.0203. The smallest absolute Gasteiger partial charge is 0.190 e. The van der Waals surface area contributed by atoms with E-state index in [-0.39, 0.29) is 23.5 Å². The highest BCUT2D eigenvalue weighted by Gasteiger charge is 2.12. The monoisotopic (exact) mass is 246 g/mol. The minimum Gasteiger partial charge on any atom is -0.371 e. The molecule has 0 aliphatic heterocycles. The molecular formula is C11H12Cl2O2. The summed E-state index contributed by atoms with van der Waals surface area (Å²) in [5.74, 6) is -0.156. The summed E-state index contributed by atoms with van der Waals surface area (Å²) in [4.78, 5) is 11.7. The average Bonchev–Trinajstić information content (AvgIpc) is 2.18. The Balaban J connectivity index is 2.78. The van der Waals surface area contributed by atoms with Gasteiger partial charge in [0.25, 0.3) is 0 Å². The van der Waals surface area contributed by atoms with E-state index >= 15 is 0 Å². The molecule has 0 aromatic heterocycles. The topological polar surface area (TPSA) is 26.3 Å². The molecule has 0 saturated heterocycles. The maximum Gasteiger partial charge on any atom is 0.190 e. The SMILES string of the molecule is CC(C)OCC(=O)c1cccc(Cl)c1Cl. The van der Waals surface area contributed by atoms with Gasteiger partial charge in [0.05, 0.1) is 16.1 Å². The second-order valence-electron chi connectivity index (χ2n) is 3.38. The van der Waals surface area contributed by atoms with Crippen LogP contribution < -0.4 is 0 Å². The number of ketones is 1. The molecule has 0 unspecified atom stereocenters. The third kappa shape index (κ3) is 3.49. The molecule has 0 radical (unpaired) electrons. The van der Waals surface area contributed by atoms with Gasteiger partial charge in [0.15, 0.2) is 5.78 Å². The summed E-state index contributed by atoms with van der Waals surface area (Å²) < 4.78 is 5.20. The van der Waals surface area contributed by atoms with Crippen molar-refractivity contribution in [2.24, 2.45) is 0 Å². The summed E-state index contributed by atoms with van der Waals surface area (Å²) in [5, 5.41) is 0.670. The molecule has 0 amide bonds. The van der Waals surface area contributed by atoms with Crippen molar-refractivity contribution < 1.29 is 9.53 Å². The van der Waals surface area contributed by atoms with Crippen LogP contribution in [0.5, 0.6) is 0 Å². The Morgan fingerprint density at radius 2 is 2.07 bits per heavy atom. The fourth-order valence-electron chi connectivity index (χ4n) is 1.04. The van der Waals surface area contributed by atoms with Gasteiger partial charge in [-0.05, 0) is 26.0 Å². The molecule has 0 spiro atoms. The highest BCUT2D eigenvalue weighted by Crippen LogP contribution is 2.25. The van der Waals surface area contributed by atoms with Crippen LogP contribution in [0.25, 0.3) is 0 Å². The molecule has 0 N–H and O–H groups in total. The summed E-state index contributed by atoms with van der Waals surface area (Å²) in [6.07, 6.45) is 0.0203. The van der Waals surface area contributed by atoms with Gasteiger partial charge in [-0.2, -0.15) is 0 Å². The standard InChI is InChI=1S/C11H12Cl2O2/c1-7(2)15-6-10(14)8-4-3-5-9(12)11(8)13/h3-5,7H,6H2,1-2H3. The molecule has 1 aromatic rings. The van der Waals surface area contributed by atoms with E-state index in [1.54, 1.807) is 18.2 Å². The Morgan fingerprint density at radius 3 is 2.67 bits per heavy atom. The van der Waals surface area contributed by atoms with Gasteiger partial charge in [-0.25, -0.2) is 0 Å². The third-order valence-electron chi connectivity index (χ3n) is 1.80. The van der Waals surface area contributed by atoms with E-state index in [1.807, 2.05) is 13.8 Å². The van der Waals surface area contributed by atoms with Crippen LogP contribution in [0.15, 0.2) is 18.2 Å². The molecule has 0 aliphatic rings. The summed E-state index contributed by atoms with van der Waals surface area (Å²) in [5.41, 5.74) is 0.407. The highest BCUT2D eigenvalue weighted by atomic mass is 35.5. The molecule has 0 atom stereocenters.